The smallest absolute Gasteiger partial charge is 0.416 e. The lowest BCUT2D eigenvalue weighted by molar-refractivity contribution is -0.143. The summed E-state index contributed by atoms with van der Waals surface area (Å²) in [6, 6.07) is -1.20. The number of amides is 2. The van der Waals surface area contributed by atoms with E-state index in [2.05, 4.69) is 0 Å². The van der Waals surface area contributed by atoms with Crippen molar-refractivity contribution in [2.45, 2.75) is 96.0 Å². The fraction of sp³-hybridized carbons (Fsp3) is 0.593. The molecule has 2 amide bonds. The summed E-state index contributed by atoms with van der Waals surface area (Å²) in [7, 11) is 1.02. The van der Waals surface area contributed by atoms with Crippen molar-refractivity contribution in [3.8, 4) is 12.3 Å². The molecule has 0 bridgehead atoms. The third-order valence-electron chi connectivity index (χ3n) is 6.38. The lowest BCUT2D eigenvalue weighted by Crippen LogP contribution is -2.58. The van der Waals surface area contributed by atoms with Crippen molar-refractivity contribution < 1.29 is 50.2 Å². The number of ketones is 1. The number of likely N-dealkylation sites (tertiary alicyclic amines) is 1. The molecule has 3 unspecified atom stereocenters. The quantitative estimate of drug-likeness (QED) is 0.221. The number of hydrogen-bond acceptors (Lipinski definition) is 5. The number of terminal acetylenes is 1. The van der Waals surface area contributed by atoms with Crippen molar-refractivity contribution in [3.05, 3.63) is 34.9 Å². The van der Waals surface area contributed by atoms with Crippen LogP contribution in [0.5, 0.6) is 0 Å². The number of rotatable bonds is 6. The number of alkyl halides is 6. The number of halogens is 6. The van der Waals surface area contributed by atoms with Gasteiger partial charge in [-0.3, -0.25) is 4.79 Å². The lowest BCUT2D eigenvalue weighted by Gasteiger charge is -2.47. The third-order valence-corrected chi connectivity index (χ3v) is 6.38. The van der Waals surface area contributed by atoms with E-state index in [1.165, 1.54) is 4.90 Å². The number of benzene rings is 1. The van der Waals surface area contributed by atoms with Gasteiger partial charge in [-0.1, -0.05) is 6.92 Å². The summed E-state index contributed by atoms with van der Waals surface area (Å²) >= 11 is 0. The summed E-state index contributed by atoms with van der Waals surface area (Å²) < 4.78 is 90.9. The first kappa shape index (κ1) is 32.8. The Hall–Kier alpha value is -3.43. The van der Waals surface area contributed by atoms with E-state index in [1.807, 2.05) is 5.92 Å². The largest absolute Gasteiger partial charge is 0.453 e. The van der Waals surface area contributed by atoms with Crippen LogP contribution in [0.4, 0.5) is 35.9 Å². The summed E-state index contributed by atoms with van der Waals surface area (Å²) in [5, 5.41) is 0. The molecule has 1 fully saturated rings. The van der Waals surface area contributed by atoms with Crippen molar-refractivity contribution in [2.24, 2.45) is 0 Å². The van der Waals surface area contributed by atoms with Crippen LogP contribution >= 0.6 is 0 Å². The predicted octanol–water partition coefficient (Wildman–Crippen LogP) is 6.43. The molecule has 0 N–H and O–H groups in total. The van der Waals surface area contributed by atoms with E-state index in [9.17, 15) is 40.7 Å². The number of carbonyl (C=O) groups excluding carboxylic acids is 3. The second-order valence-corrected chi connectivity index (χ2v) is 10.5. The zero-order valence-electron chi connectivity index (χ0n) is 22.8. The summed E-state index contributed by atoms with van der Waals surface area (Å²) in [5.41, 5.74) is -4.34. The number of piperidine rings is 1. The molecule has 0 radical (unpaired) electrons. The number of methoxy groups -OCH3 is 1. The molecule has 1 aromatic carbocycles. The molecule has 3 atom stereocenters. The molecule has 1 aromatic rings. The number of Topliss-reactive ketones (excluding diaryl/α,β-unsaturated/α-hetero) is 1. The molecule has 13 heteroatoms. The second kappa shape index (κ2) is 12.4. The molecule has 222 valence electrons. The Morgan fingerprint density at radius 3 is 1.95 bits per heavy atom. The minimum Gasteiger partial charge on any atom is -0.453 e. The number of ether oxygens (including phenoxy) is 2. The molecule has 1 saturated heterocycles. The molecule has 1 heterocycles. The van der Waals surface area contributed by atoms with Crippen molar-refractivity contribution >= 4 is 18.0 Å². The Labute approximate surface area is 228 Å². The van der Waals surface area contributed by atoms with Gasteiger partial charge in [0.1, 0.15) is 5.60 Å². The molecule has 2 rings (SSSR count). The Morgan fingerprint density at radius 2 is 1.52 bits per heavy atom. The average Bonchev–Trinajstić information content (AvgIpc) is 2.83. The van der Waals surface area contributed by atoms with Crippen LogP contribution in [0.25, 0.3) is 0 Å². The van der Waals surface area contributed by atoms with E-state index >= 15 is 0 Å². The van der Waals surface area contributed by atoms with Crippen LogP contribution in [-0.4, -0.2) is 58.6 Å². The Kier molecular flexibility index (Phi) is 10.2. The average molecular weight is 579 g/mol. The molecule has 1 aliphatic rings. The van der Waals surface area contributed by atoms with Crippen LogP contribution < -0.4 is 0 Å². The number of hydrogen-bond donors (Lipinski definition) is 0. The molecule has 0 aliphatic carbocycles. The number of carbonyl (C=O) groups is 3. The Morgan fingerprint density at radius 1 is 1.00 bits per heavy atom. The molecule has 1 aliphatic heterocycles. The van der Waals surface area contributed by atoms with Gasteiger partial charge in [-0.25, -0.2) is 9.59 Å². The fourth-order valence-electron chi connectivity index (χ4n) is 4.70. The molecular weight excluding hydrogens is 546 g/mol. The lowest BCUT2D eigenvalue weighted by atomic mass is 9.86. The van der Waals surface area contributed by atoms with Gasteiger partial charge in [0, 0.05) is 31.1 Å². The number of nitrogens with zero attached hydrogens (tertiary/aromatic N) is 2. The molecule has 7 nitrogen and oxygen atoms in total. The first-order valence-electron chi connectivity index (χ1n) is 12.4. The molecular formula is C27H32F6N2O5. The van der Waals surface area contributed by atoms with Gasteiger partial charge in [0.05, 0.1) is 18.2 Å². The normalized spacial score (nSPS) is 19.9. The molecule has 0 spiro atoms. The third kappa shape index (κ3) is 8.53. The minimum atomic E-state index is -5.07. The van der Waals surface area contributed by atoms with E-state index < -0.39 is 77.3 Å². The molecule has 0 saturated carbocycles. The van der Waals surface area contributed by atoms with Gasteiger partial charge in [-0.05, 0) is 69.7 Å². The first-order chi connectivity index (χ1) is 18.3. The van der Waals surface area contributed by atoms with Crippen LogP contribution in [0.2, 0.25) is 0 Å². The van der Waals surface area contributed by atoms with E-state index in [-0.39, 0.29) is 25.3 Å². The summed E-state index contributed by atoms with van der Waals surface area (Å²) in [6.45, 7) is 6.06. The summed E-state index contributed by atoms with van der Waals surface area (Å²) in [6.07, 6.45) is -6.53. The summed E-state index contributed by atoms with van der Waals surface area (Å²) in [4.78, 5) is 40.5. The first-order valence-corrected chi connectivity index (χ1v) is 12.4. The van der Waals surface area contributed by atoms with Crippen molar-refractivity contribution in [1.82, 2.24) is 9.80 Å². The maximum Gasteiger partial charge on any atom is 0.416 e. The molecule has 40 heavy (non-hydrogen) atoms. The van der Waals surface area contributed by atoms with Gasteiger partial charge in [-0.2, -0.15) is 26.3 Å². The predicted molar refractivity (Wildman–Crippen MR) is 132 cm³/mol. The van der Waals surface area contributed by atoms with Gasteiger partial charge >= 0.3 is 24.5 Å². The van der Waals surface area contributed by atoms with Crippen LogP contribution in [-0.2, 0) is 33.2 Å². The van der Waals surface area contributed by atoms with Crippen molar-refractivity contribution in [2.75, 3.05) is 7.11 Å². The SMILES string of the molecule is C#CC(=O)CC1CC(N(Cc2cc(C(F)(F)F)cc(C(F)(F)F)c2)C(=O)OC)CC(CC)N1C(=O)OC(C)(C)C. The standard InChI is InChI=1S/C27H32F6N2O5/c1-7-19-12-20(13-21(14-22(36)8-2)35(19)24(38)40-25(3,4)5)34(23(37)39-6)15-16-9-17(26(28,29)30)11-18(10-16)27(31,32)33/h2,9-11,19-21H,7,12-15H2,1,3-6H3. The topological polar surface area (TPSA) is 76.2 Å². The maximum atomic E-state index is 13.4. The van der Waals surface area contributed by atoms with E-state index in [4.69, 9.17) is 15.9 Å². The maximum absolute atomic E-state index is 13.4. The second-order valence-electron chi connectivity index (χ2n) is 10.5. The van der Waals surface area contributed by atoms with Gasteiger partial charge in [0.25, 0.3) is 0 Å². The Balaban J connectivity index is 2.54. The van der Waals surface area contributed by atoms with E-state index in [0.29, 0.717) is 18.6 Å². The highest BCUT2D eigenvalue weighted by Gasteiger charge is 2.44. The van der Waals surface area contributed by atoms with Crippen molar-refractivity contribution in [3.63, 3.8) is 0 Å². The highest BCUT2D eigenvalue weighted by atomic mass is 19.4. The van der Waals surface area contributed by atoms with Crippen LogP contribution in [0, 0.1) is 12.3 Å². The minimum absolute atomic E-state index is 0.000122. The van der Waals surface area contributed by atoms with Crippen LogP contribution in [0.15, 0.2) is 18.2 Å². The van der Waals surface area contributed by atoms with Crippen molar-refractivity contribution in [1.29, 1.82) is 0 Å². The van der Waals surface area contributed by atoms with Gasteiger partial charge in [0.2, 0.25) is 5.78 Å². The van der Waals surface area contributed by atoms with Crippen LogP contribution in [0.1, 0.15) is 70.1 Å². The zero-order valence-corrected chi connectivity index (χ0v) is 22.8. The fourth-order valence-corrected chi connectivity index (χ4v) is 4.70. The highest BCUT2D eigenvalue weighted by Crippen LogP contribution is 2.38. The summed E-state index contributed by atoms with van der Waals surface area (Å²) in [5.74, 6) is 1.34. The van der Waals surface area contributed by atoms with Gasteiger partial charge < -0.3 is 19.3 Å². The molecule has 0 aromatic heterocycles. The van der Waals surface area contributed by atoms with E-state index in [0.717, 1.165) is 12.0 Å². The highest BCUT2D eigenvalue weighted by molar-refractivity contribution is 5.95. The zero-order chi connectivity index (χ0) is 30.6. The van der Waals surface area contributed by atoms with Gasteiger partial charge in [0.15, 0.2) is 0 Å². The monoisotopic (exact) mass is 578 g/mol. The van der Waals surface area contributed by atoms with E-state index in [1.54, 1.807) is 27.7 Å². The Bertz CT molecular complexity index is 1100. The van der Waals surface area contributed by atoms with Crippen LogP contribution in [0.3, 0.4) is 0 Å². The van der Waals surface area contributed by atoms with Gasteiger partial charge in [-0.15, -0.1) is 6.42 Å².